The van der Waals surface area contributed by atoms with Crippen LogP contribution in [0.4, 0.5) is 10.8 Å². The van der Waals surface area contributed by atoms with Gasteiger partial charge in [-0.05, 0) is 38.1 Å². The summed E-state index contributed by atoms with van der Waals surface area (Å²) < 4.78 is 4.73. The molecule has 1 atom stereocenters. The van der Waals surface area contributed by atoms with E-state index in [1.807, 2.05) is 31.2 Å². The zero-order valence-electron chi connectivity index (χ0n) is 13.5. The highest BCUT2D eigenvalue weighted by atomic mass is 32.1. The molecule has 0 N–H and O–H groups in total. The van der Waals surface area contributed by atoms with Gasteiger partial charge in [-0.3, -0.25) is 0 Å². The van der Waals surface area contributed by atoms with Crippen LogP contribution in [0.2, 0.25) is 0 Å². The van der Waals surface area contributed by atoms with Crippen molar-refractivity contribution in [2.24, 2.45) is 0 Å². The van der Waals surface area contributed by atoms with E-state index in [2.05, 4.69) is 26.9 Å². The Morgan fingerprint density at radius 2 is 2.00 bits per heavy atom. The van der Waals surface area contributed by atoms with Gasteiger partial charge in [-0.2, -0.15) is 0 Å². The van der Waals surface area contributed by atoms with Gasteiger partial charge in [0.2, 0.25) is 5.13 Å². The fraction of sp³-hybridized carbons (Fsp3) is 0.438. The van der Waals surface area contributed by atoms with E-state index in [9.17, 15) is 4.79 Å². The number of carbonyl (C=O) groups is 1. The second kappa shape index (κ2) is 6.54. The molecule has 3 rings (SSSR count). The highest BCUT2D eigenvalue weighted by Gasteiger charge is 2.26. The molecule has 7 heteroatoms. The molecule has 2 aromatic rings. The Balaban J connectivity index is 1.68. The quantitative estimate of drug-likeness (QED) is 0.804. The average molecular weight is 332 g/mol. The SMILES string of the molecule is COC(=O)c1ccc(N2CCN(c3nnc(C)s3)[C@H](C)C2)cc1. The van der Waals surface area contributed by atoms with Gasteiger partial charge in [-0.25, -0.2) is 4.79 Å². The maximum atomic E-state index is 11.5. The van der Waals surface area contributed by atoms with Crippen molar-refractivity contribution in [1.82, 2.24) is 10.2 Å². The molecule has 0 spiro atoms. The van der Waals surface area contributed by atoms with Crippen LogP contribution in [0.3, 0.4) is 0 Å². The van der Waals surface area contributed by atoms with Crippen LogP contribution in [0, 0.1) is 6.92 Å². The third-order valence-corrected chi connectivity index (χ3v) is 4.92. The maximum Gasteiger partial charge on any atom is 0.337 e. The lowest BCUT2D eigenvalue weighted by atomic mass is 10.1. The van der Waals surface area contributed by atoms with Gasteiger partial charge in [0.15, 0.2) is 0 Å². The van der Waals surface area contributed by atoms with E-state index in [1.54, 1.807) is 11.3 Å². The molecule has 1 aromatic heterocycles. The van der Waals surface area contributed by atoms with E-state index in [-0.39, 0.29) is 5.97 Å². The first kappa shape index (κ1) is 15.7. The molecule has 0 bridgehead atoms. The summed E-state index contributed by atoms with van der Waals surface area (Å²) in [6.07, 6.45) is 0. The van der Waals surface area contributed by atoms with Crippen molar-refractivity contribution in [1.29, 1.82) is 0 Å². The van der Waals surface area contributed by atoms with Crippen molar-refractivity contribution in [3.8, 4) is 0 Å². The lowest BCUT2D eigenvalue weighted by Gasteiger charge is -2.40. The van der Waals surface area contributed by atoms with E-state index >= 15 is 0 Å². The Bertz CT molecular complexity index is 686. The molecule has 0 unspecified atom stereocenters. The van der Waals surface area contributed by atoms with Gasteiger partial charge < -0.3 is 14.5 Å². The molecule has 0 amide bonds. The van der Waals surface area contributed by atoms with E-state index in [4.69, 9.17) is 4.74 Å². The van der Waals surface area contributed by atoms with Crippen molar-refractivity contribution in [2.75, 3.05) is 36.5 Å². The van der Waals surface area contributed by atoms with E-state index in [1.165, 1.54) is 7.11 Å². The lowest BCUT2D eigenvalue weighted by molar-refractivity contribution is 0.0601. The second-order valence-corrected chi connectivity index (χ2v) is 6.79. The monoisotopic (exact) mass is 332 g/mol. The third-order valence-electron chi connectivity index (χ3n) is 4.04. The molecule has 2 heterocycles. The van der Waals surface area contributed by atoms with Crippen LogP contribution < -0.4 is 9.80 Å². The summed E-state index contributed by atoms with van der Waals surface area (Å²) in [6.45, 7) is 6.92. The molecular weight excluding hydrogens is 312 g/mol. The first-order valence-corrected chi connectivity index (χ1v) is 8.40. The number of ether oxygens (including phenoxy) is 1. The normalized spacial score (nSPS) is 18.1. The zero-order valence-corrected chi connectivity index (χ0v) is 14.3. The molecule has 0 aliphatic carbocycles. The minimum Gasteiger partial charge on any atom is -0.465 e. The number of methoxy groups -OCH3 is 1. The summed E-state index contributed by atoms with van der Waals surface area (Å²) in [4.78, 5) is 16.1. The van der Waals surface area contributed by atoms with Gasteiger partial charge in [0.1, 0.15) is 5.01 Å². The van der Waals surface area contributed by atoms with Gasteiger partial charge in [-0.15, -0.1) is 10.2 Å². The summed E-state index contributed by atoms with van der Waals surface area (Å²) in [5.41, 5.74) is 1.70. The summed E-state index contributed by atoms with van der Waals surface area (Å²) >= 11 is 1.64. The Labute approximate surface area is 139 Å². The molecule has 0 saturated carbocycles. The number of anilines is 2. The Kier molecular flexibility index (Phi) is 4.47. The molecule has 1 fully saturated rings. The lowest BCUT2D eigenvalue weighted by Crippen LogP contribution is -2.52. The first-order valence-electron chi connectivity index (χ1n) is 7.58. The Morgan fingerprint density at radius 1 is 1.26 bits per heavy atom. The number of esters is 1. The van der Waals surface area contributed by atoms with Gasteiger partial charge in [0.05, 0.1) is 12.7 Å². The maximum absolute atomic E-state index is 11.5. The van der Waals surface area contributed by atoms with Crippen LogP contribution in [0.25, 0.3) is 0 Å². The van der Waals surface area contributed by atoms with Crippen molar-refractivity contribution in [3.63, 3.8) is 0 Å². The predicted octanol–water partition coefficient (Wildman–Crippen LogP) is 2.35. The molecule has 23 heavy (non-hydrogen) atoms. The minimum atomic E-state index is -0.304. The second-order valence-electron chi connectivity index (χ2n) is 5.63. The number of carbonyl (C=O) groups excluding carboxylic acids is 1. The largest absolute Gasteiger partial charge is 0.465 e. The molecule has 1 saturated heterocycles. The van der Waals surface area contributed by atoms with Crippen molar-refractivity contribution < 1.29 is 9.53 Å². The fourth-order valence-electron chi connectivity index (χ4n) is 2.80. The van der Waals surface area contributed by atoms with Crippen LogP contribution in [0.15, 0.2) is 24.3 Å². The average Bonchev–Trinajstić information content (AvgIpc) is 3.00. The van der Waals surface area contributed by atoms with E-state index in [0.717, 1.165) is 35.5 Å². The zero-order chi connectivity index (χ0) is 16.4. The number of benzene rings is 1. The van der Waals surface area contributed by atoms with Crippen LogP contribution in [-0.2, 0) is 4.74 Å². The number of hydrogen-bond acceptors (Lipinski definition) is 7. The Morgan fingerprint density at radius 3 is 2.57 bits per heavy atom. The number of piperazine rings is 1. The number of hydrogen-bond donors (Lipinski definition) is 0. The first-order chi connectivity index (χ1) is 11.1. The van der Waals surface area contributed by atoms with Gasteiger partial charge in [-0.1, -0.05) is 11.3 Å². The molecule has 0 radical (unpaired) electrons. The number of aromatic nitrogens is 2. The smallest absolute Gasteiger partial charge is 0.337 e. The van der Waals surface area contributed by atoms with Crippen LogP contribution >= 0.6 is 11.3 Å². The summed E-state index contributed by atoms with van der Waals surface area (Å²) in [5, 5.41) is 10.3. The molecule has 1 aliphatic heterocycles. The van der Waals surface area contributed by atoms with Gasteiger partial charge in [0, 0.05) is 31.4 Å². The van der Waals surface area contributed by atoms with Crippen molar-refractivity contribution in [3.05, 3.63) is 34.8 Å². The molecule has 122 valence electrons. The highest BCUT2D eigenvalue weighted by Crippen LogP contribution is 2.26. The standard InChI is InChI=1S/C16H20N4O2S/c1-11-10-19(8-9-20(11)16-18-17-12(2)23-16)14-6-4-13(5-7-14)15(21)22-3/h4-7,11H,8-10H2,1-3H3/t11-/m1/s1. The number of rotatable bonds is 3. The van der Waals surface area contributed by atoms with Crippen LogP contribution in [0.5, 0.6) is 0 Å². The predicted molar refractivity (Wildman–Crippen MR) is 91.4 cm³/mol. The molecule has 6 nitrogen and oxygen atoms in total. The van der Waals surface area contributed by atoms with Gasteiger partial charge in [0.25, 0.3) is 0 Å². The van der Waals surface area contributed by atoms with E-state index < -0.39 is 0 Å². The van der Waals surface area contributed by atoms with E-state index in [0.29, 0.717) is 11.6 Å². The Hall–Kier alpha value is -2.15. The molecule has 1 aliphatic rings. The summed E-state index contributed by atoms with van der Waals surface area (Å²) in [6, 6.07) is 7.93. The minimum absolute atomic E-state index is 0.304. The molecule has 1 aromatic carbocycles. The number of aryl methyl sites for hydroxylation is 1. The molecular formula is C16H20N4O2S. The highest BCUT2D eigenvalue weighted by molar-refractivity contribution is 7.15. The summed E-state index contributed by atoms with van der Waals surface area (Å²) in [5.74, 6) is -0.304. The van der Waals surface area contributed by atoms with Crippen molar-refractivity contribution >= 4 is 28.1 Å². The van der Waals surface area contributed by atoms with Crippen molar-refractivity contribution in [2.45, 2.75) is 19.9 Å². The van der Waals surface area contributed by atoms with Crippen LogP contribution in [-0.4, -0.2) is 49.0 Å². The van der Waals surface area contributed by atoms with Gasteiger partial charge >= 0.3 is 5.97 Å². The third kappa shape index (κ3) is 3.29. The van der Waals surface area contributed by atoms with Crippen LogP contribution in [0.1, 0.15) is 22.3 Å². The fourth-order valence-corrected chi connectivity index (χ4v) is 3.62. The summed E-state index contributed by atoms with van der Waals surface area (Å²) in [7, 11) is 1.40. The topological polar surface area (TPSA) is 58.6 Å². The number of nitrogens with zero attached hydrogens (tertiary/aromatic N) is 4.